The second-order valence-corrected chi connectivity index (χ2v) is 9.35. The summed E-state index contributed by atoms with van der Waals surface area (Å²) in [6, 6.07) is 14.2. The van der Waals surface area contributed by atoms with Crippen molar-refractivity contribution in [2.75, 3.05) is 13.6 Å². The molecule has 0 fully saturated rings. The average Bonchev–Trinajstić information content (AvgIpc) is 2.77. The number of alkyl carbamates (subject to hydrolysis) is 1. The highest BCUT2D eigenvalue weighted by atomic mass is 35.5. The van der Waals surface area contributed by atoms with Crippen LogP contribution in [-0.2, 0) is 10.5 Å². The first kappa shape index (κ1) is 21.0. The van der Waals surface area contributed by atoms with E-state index >= 15 is 0 Å². The van der Waals surface area contributed by atoms with Crippen LogP contribution in [0.4, 0.5) is 4.79 Å². The third-order valence-electron chi connectivity index (χ3n) is 4.64. The Hall–Kier alpha value is -1.69. The third kappa shape index (κ3) is 4.83. The lowest BCUT2D eigenvalue weighted by Gasteiger charge is -2.31. The molecule has 4 nitrogen and oxygen atoms in total. The number of hydrogen-bond donors (Lipinski definition) is 2. The summed E-state index contributed by atoms with van der Waals surface area (Å²) in [4.78, 5) is 13.8. The van der Waals surface area contributed by atoms with Crippen molar-refractivity contribution in [3.8, 4) is 0 Å². The number of thioether (sulfide) groups is 1. The summed E-state index contributed by atoms with van der Waals surface area (Å²) in [7, 11) is 1.89. The van der Waals surface area contributed by atoms with Gasteiger partial charge in [-0.3, -0.25) is 0 Å². The molecule has 3 rings (SSSR count). The number of carbonyl (C=O) groups excluding carboxylic acids is 1. The van der Waals surface area contributed by atoms with Crippen molar-refractivity contribution in [3.63, 3.8) is 0 Å². The van der Waals surface area contributed by atoms with Gasteiger partial charge < -0.3 is 15.4 Å². The van der Waals surface area contributed by atoms with Crippen LogP contribution in [0.3, 0.4) is 0 Å². The molecule has 2 atom stereocenters. The first-order valence-corrected chi connectivity index (χ1v) is 10.8. The molecule has 2 unspecified atom stereocenters. The number of rotatable bonds is 4. The Balaban J connectivity index is 2.06. The fourth-order valence-electron chi connectivity index (χ4n) is 3.57. The van der Waals surface area contributed by atoms with Gasteiger partial charge in [0.15, 0.2) is 0 Å². The number of benzene rings is 2. The molecule has 0 saturated heterocycles. The number of ether oxygens (including phenoxy) is 1. The van der Waals surface area contributed by atoms with Gasteiger partial charge in [-0.2, -0.15) is 0 Å². The number of hydrogen-bond acceptors (Lipinski definition) is 4. The van der Waals surface area contributed by atoms with Crippen molar-refractivity contribution in [1.29, 1.82) is 0 Å². The highest BCUT2D eigenvalue weighted by molar-refractivity contribution is 7.98. The monoisotopic (exact) mass is 418 g/mol. The minimum Gasteiger partial charge on any atom is -0.444 e. The van der Waals surface area contributed by atoms with Crippen LogP contribution in [0.1, 0.15) is 43.4 Å². The summed E-state index contributed by atoms with van der Waals surface area (Å²) >= 11 is 8.34. The Labute approximate surface area is 176 Å². The van der Waals surface area contributed by atoms with Crippen LogP contribution in [0.15, 0.2) is 47.4 Å². The van der Waals surface area contributed by atoms with Crippen LogP contribution >= 0.6 is 23.4 Å². The Bertz CT molecular complexity index is 851. The fraction of sp³-hybridized carbons (Fsp3) is 0.409. The van der Waals surface area contributed by atoms with Gasteiger partial charge in [0.1, 0.15) is 5.60 Å². The summed E-state index contributed by atoms with van der Waals surface area (Å²) in [5, 5.41) is 7.08. The molecular weight excluding hydrogens is 392 g/mol. The van der Waals surface area contributed by atoms with Crippen LogP contribution in [0, 0.1) is 0 Å². The standard InChI is InChI=1S/C22H27ClN2O2S/c1-22(2,3)27-21(26)25-18(12-24-4)20-14-9-7-10-17(23)16(14)13-28-19-11-6-5-8-15(19)20/h5-11,18,20,24H,12-13H2,1-4H3,(H,25,26). The lowest BCUT2D eigenvalue weighted by atomic mass is 9.82. The van der Waals surface area contributed by atoms with E-state index in [2.05, 4.69) is 34.9 Å². The molecule has 1 amide bonds. The van der Waals surface area contributed by atoms with Gasteiger partial charge in [-0.1, -0.05) is 41.9 Å². The molecule has 0 bridgehead atoms. The van der Waals surface area contributed by atoms with Gasteiger partial charge in [-0.05, 0) is 56.6 Å². The van der Waals surface area contributed by atoms with E-state index in [9.17, 15) is 4.79 Å². The predicted octanol–water partition coefficient (Wildman–Crippen LogP) is 5.19. The lowest BCUT2D eigenvalue weighted by molar-refractivity contribution is 0.0499. The van der Waals surface area contributed by atoms with E-state index in [-0.39, 0.29) is 12.0 Å². The van der Waals surface area contributed by atoms with E-state index in [1.807, 2.05) is 46.0 Å². The topological polar surface area (TPSA) is 50.4 Å². The van der Waals surface area contributed by atoms with Crippen molar-refractivity contribution < 1.29 is 9.53 Å². The van der Waals surface area contributed by atoms with Crippen LogP contribution in [0.2, 0.25) is 5.02 Å². The molecule has 150 valence electrons. The summed E-state index contributed by atoms with van der Waals surface area (Å²) < 4.78 is 5.53. The largest absolute Gasteiger partial charge is 0.444 e. The quantitative estimate of drug-likeness (QED) is 0.717. The molecule has 2 aromatic carbocycles. The minimum absolute atomic E-state index is 0.0279. The van der Waals surface area contributed by atoms with Crippen LogP contribution in [0.25, 0.3) is 0 Å². The number of nitrogens with one attached hydrogen (secondary N) is 2. The van der Waals surface area contributed by atoms with Crippen molar-refractivity contribution in [2.45, 2.75) is 49.0 Å². The highest BCUT2D eigenvalue weighted by Gasteiger charge is 2.33. The number of likely N-dealkylation sites (N-methyl/N-ethyl adjacent to an activating group) is 1. The number of halogens is 1. The molecule has 0 saturated carbocycles. The van der Waals surface area contributed by atoms with Crippen molar-refractivity contribution in [2.24, 2.45) is 0 Å². The first-order valence-electron chi connectivity index (χ1n) is 9.43. The minimum atomic E-state index is -0.549. The van der Waals surface area contributed by atoms with E-state index in [4.69, 9.17) is 16.3 Å². The normalized spacial score (nSPS) is 17.1. The average molecular weight is 419 g/mol. The maximum absolute atomic E-state index is 12.6. The molecule has 0 aliphatic carbocycles. The second-order valence-electron chi connectivity index (χ2n) is 7.92. The van der Waals surface area contributed by atoms with Gasteiger partial charge in [-0.15, -0.1) is 11.8 Å². The van der Waals surface area contributed by atoms with Crippen molar-refractivity contribution in [1.82, 2.24) is 10.6 Å². The highest BCUT2D eigenvalue weighted by Crippen LogP contribution is 2.44. The van der Waals surface area contributed by atoms with E-state index in [0.717, 1.165) is 21.9 Å². The molecule has 28 heavy (non-hydrogen) atoms. The molecule has 1 heterocycles. The molecule has 1 aliphatic heterocycles. The molecule has 6 heteroatoms. The van der Waals surface area contributed by atoms with Crippen molar-refractivity contribution >= 4 is 29.5 Å². The molecule has 2 N–H and O–H groups in total. The molecule has 0 spiro atoms. The maximum Gasteiger partial charge on any atom is 0.407 e. The zero-order valence-corrected chi connectivity index (χ0v) is 18.3. The summed E-state index contributed by atoms with van der Waals surface area (Å²) in [5.74, 6) is 0.779. The Morgan fingerprint density at radius 1 is 1.21 bits per heavy atom. The second kappa shape index (κ2) is 8.76. The molecule has 1 aliphatic rings. The van der Waals surface area contributed by atoms with E-state index in [0.29, 0.717) is 6.54 Å². The zero-order valence-electron chi connectivity index (χ0n) is 16.7. The maximum atomic E-state index is 12.6. The van der Waals surface area contributed by atoms with Crippen LogP contribution in [-0.4, -0.2) is 31.3 Å². The summed E-state index contributed by atoms with van der Waals surface area (Å²) in [5.41, 5.74) is 2.93. The molecule has 2 aromatic rings. The first-order chi connectivity index (χ1) is 13.3. The Morgan fingerprint density at radius 2 is 1.93 bits per heavy atom. The van der Waals surface area contributed by atoms with Gasteiger partial charge in [0.05, 0.1) is 6.04 Å². The number of amides is 1. The Morgan fingerprint density at radius 3 is 2.64 bits per heavy atom. The Kier molecular flexibility index (Phi) is 6.58. The van der Waals surface area contributed by atoms with E-state index < -0.39 is 11.7 Å². The summed E-state index contributed by atoms with van der Waals surface area (Å²) in [6.07, 6.45) is -0.411. The zero-order chi connectivity index (χ0) is 20.3. The van der Waals surface area contributed by atoms with E-state index in [1.165, 1.54) is 10.5 Å². The molecular formula is C22H27ClN2O2S. The van der Waals surface area contributed by atoms with Gasteiger partial charge in [0.2, 0.25) is 0 Å². The molecule has 0 radical (unpaired) electrons. The van der Waals surface area contributed by atoms with Crippen molar-refractivity contribution in [3.05, 3.63) is 64.2 Å². The van der Waals surface area contributed by atoms with Gasteiger partial charge >= 0.3 is 6.09 Å². The van der Waals surface area contributed by atoms with Crippen LogP contribution < -0.4 is 10.6 Å². The summed E-state index contributed by atoms with van der Waals surface area (Å²) in [6.45, 7) is 6.21. The smallest absolute Gasteiger partial charge is 0.407 e. The van der Waals surface area contributed by atoms with Gasteiger partial charge in [-0.25, -0.2) is 4.79 Å². The van der Waals surface area contributed by atoms with Crippen LogP contribution in [0.5, 0.6) is 0 Å². The fourth-order valence-corrected chi connectivity index (χ4v) is 5.06. The molecule has 0 aromatic heterocycles. The van der Waals surface area contributed by atoms with E-state index in [1.54, 1.807) is 11.8 Å². The van der Waals surface area contributed by atoms with Gasteiger partial charge in [0, 0.05) is 28.1 Å². The predicted molar refractivity (Wildman–Crippen MR) is 116 cm³/mol. The number of carbonyl (C=O) groups is 1. The van der Waals surface area contributed by atoms with Gasteiger partial charge in [0.25, 0.3) is 0 Å². The SMILES string of the molecule is CNCC(NC(=O)OC(C)(C)C)C1c2ccccc2SCc2c(Cl)cccc21. The number of fused-ring (bicyclic) bond motifs is 2. The third-order valence-corrected chi connectivity index (χ3v) is 6.11. The lowest BCUT2D eigenvalue weighted by Crippen LogP contribution is -2.47.